The molecule has 0 bridgehead atoms. The summed E-state index contributed by atoms with van der Waals surface area (Å²) in [7, 11) is 1.80. The van der Waals surface area contributed by atoms with Gasteiger partial charge in [-0.1, -0.05) is 6.07 Å². The van der Waals surface area contributed by atoms with Gasteiger partial charge in [0, 0.05) is 81.7 Å². The lowest BCUT2D eigenvalue weighted by atomic mass is 10.00. The zero-order valence-corrected chi connectivity index (χ0v) is 19.7. The van der Waals surface area contributed by atoms with Gasteiger partial charge in [-0.15, -0.1) is 0 Å². The first-order chi connectivity index (χ1) is 16.0. The summed E-state index contributed by atoms with van der Waals surface area (Å²) in [6, 6.07) is 14.2. The van der Waals surface area contributed by atoms with Gasteiger partial charge < -0.3 is 15.1 Å². The molecule has 0 aliphatic carbocycles. The maximum atomic E-state index is 12.7. The number of fused-ring (bicyclic) bond motifs is 4. The lowest BCUT2D eigenvalue weighted by Crippen LogP contribution is -2.51. The number of nitrogens with zero attached hydrogens (tertiary/aromatic N) is 5. The Bertz CT molecular complexity index is 1270. The average molecular weight is 445 g/mol. The highest BCUT2D eigenvalue weighted by molar-refractivity contribution is 5.89. The number of aromatic nitrogens is 2. The molecule has 0 spiro atoms. The van der Waals surface area contributed by atoms with Gasteiger partial charge in [-0.25, -0.2) is 4.98 Å². The second-order valence-electron chi connectivity index (χ2n) is 9.93. The second-order valence-corrected chi connectivity index (χ2v) is 9.93. The predicted octanol–water partition coefficient (Wildman–Crippen LogP) is 2.50. The molecule has 7 nitrogen and oxygen atoms in total. The van der Waals surface area contributed by atoms with E-state index in [-0.39, 0.29) is 5.56 Å². The number of piperazine rings is 2. The molecule has 0 amide bonds. The van der Waals surface area contributed by atoms with E-state index in [2.05, 4.69) is 63.1 Å². The smallest absolute Gasteiger partial charge is 0.253 e. The summed E-state index contributed by atoms with van der Waals surface area (Å²) >= 11 is 0. The van der Waals surface area contributed by atoms with Crippen LogP contribution in [0.2, 0.25) is 0 Å². The monoisotopic (exact) mass is 444 g/mol. The molecule has 2 aromatic heterocycles. The molecule has 3 atom stereocenters. The average Bonchev–Trinajstić information content (AvgIpc) is 3.20. The number of anilines is 2. The third-order valence-corrected chi connectivity index (χ3v) is 7.73. The second kappa shape index (κ2) is 7.85. The number of aryl methyl sites for hydroxylation is 1. The Labute approximate surface area is 194 Å². The molecular formula is C26H32N6O. The Hall–Kier alpha value is -2.90. The summed E-state index contributed by atoms with van der Waals surface area (Å²) < 4.78 is 1.64. The summed E-state index contributed by atoms with van der Waals surface area (Å²) in [6.07, 6.45) is 1.76. The Balaban J connectivity index is 1.34. The Morgan fingerprint density at radius 2 is 1.94 bits per heavy atom. The van der Waals surface area contributed by atoms with Crippen LogP contribution in [0.15, 0.2) is 47.4 Å². The van der Waals surface area contributed by atoms with Crippen LogP contribution in [0.25, 0.3) is 11.0 Å². The van der Waals surface area contributed by atoms with Gasteiger partial charge in [0.1, 0.15) is 5.65 Å². The van der Waals surface area contributed by atoms with Gasteiger partial charge in [-0.3, -0.25) is 14.3 Å². The molecule has 1 N–H and O–H groups in total. The van der Waals surface area contributed by atoms with Gasteiger partial charge in [-0.05, 0) is 49.2 Å². The number of rotatable bonds is 2. The molecule has 0 saturated carbocycles. The Morgan fingerprint density at radius 3 is 2.79 bits per heavy atom. The molecule has 3 aliphatic heterocycles. The van der Waals surface area contributed by atoms with Gasteiger partial charge in [0.2, 0.25) is 0 Å². The summed E-state index contributed by atoms with van der Waals surface area (Å²) in [6.45, 7) is 10.5. The van der Waals surface area contributed by atoms with Crippen molar-refractivity contribution in [2.24, 2.45) is 7.05 Å². The Kier molecular flexibility index (Phi) is 4.92. The van der Waals surface area contributed by atoms with Crippen LogP contribution in [-0.4, -0.2) is 59.3 Å². The van der Waals surface area contributed by atoms with Crippen LogP contribution in [0.4, 0.5) is 11.4 Å². The summed E-state index contributed by atoms with van der Waals surface area (Å²) in [5.41, 5.74) is 5.98. The van der Waals surface area contributed by atoms with Crippen LogP contribution in [0, 0.1) is 0 Å². The third-order valence-electron chi connectivity index (χ3n) is 7.73. The van der Waals surface area contributed by atoms with Crippen LogP contribution >= 0.6 is 0 Å². The molecule has 0 radical (unpaired) electrons. The largest absolute Gasteiger partial charge is 0.369 e. The lowest BCUT2D eigenvalue weighted by molar-refractivity contribution is 0.134. The number of hydrogen-bond acceptors (Lipinski definition) is 6. The Morgan fingerprint density at radius 1 is 1.06 bits per heavy atom. The molecule has 172 valence electrons. The molecule has 2 saturated heterocycles. The van der Waals surface area contributed by atoms with Crippen LogP contribution in [0.3, 0.4) is 0 Å². The summed E-state index contributed by atoms with van der Waals surface area (Å²) in [5, 5.41) is 4.58. The topological polar surface area (TPSA) is 56.6 Å². The first kappa shape index (κ1) is 20.7. The van der Waals surface area contributed by atoms with Crippen molar-refractivity contribution in [1.29, 1.82) is 0 Å². The van der Waals surface area contributed by atoms with Gasteiger partial charge in [0.25, 0.3) is 5.56 Å². The van der Waals surface area contributed by atoms with Crippen molar-refractivity contribution in [1.82, 2.24) is 19.8 Å². The van der Waals surface area contributed by atoms with Crippen molar-refractivity contribution in [3.8, 4) is 0 Å². The van der Waals surface area contributed by atoms with E-state index in [1.54, 1.807) is 23.9 Å². The predicted molar refractivity (Wildman–Crippen MR) is 133 cm³/mol. The fourth-order valence-electron chi connectivity index (χ4n) is 6.00. The lowest BCUT2D eigenvalue weighted by Gasteiger charge is -2.43. The molecular weight excluding hydrogens is 412 g/mol. The van der Waals surface area contributed by atoms with E-state index in [1.165, 1.54) is 16.8 Å². The molecule has 2 fully saturated rings. The van der Waals surface area contributed by atoms with Crippen molar-refractivity contribution in [3.05, 3.63) is 64.1 Å². The highest BCUT2D eigenvalue weighted by Crippen LogP contribution is 2.41. The molecule has 6 rings (SSSR count). The van der Waals surface area contributed by atoms with Crippen LogP contribution in [0.5, 0.6) is 0 Å². The molecule has 3 aromatic rings. The quantitative estimate of drug-likeness (QED) is 0.656. The van der Waals surface area contributed by atoms with E-state index in [0.717, 1.165) is 56.0 Å². The first-order valence-corrected chi connectivity index (χ1v) is 12.1. The summed E-state index contributed by atoms with van der Waals surface area (Å²) in [4.78, 5) is 24.7. The third kappa shape index (κ3) is 3.42. The molecule has 7 heteroatoms. The molecule has 3 aliphatic rings. The van der Waals surface area contributed by atoms with Crippen LogP contribution in [-0.2, 0) is 13.6 Å². The SMILES string of the molecule is C[C@@H]1CN(c2cc(=O)n(C)c3ncccc23)C[C@@H]2c3ccc(N4CCN[C@@H](C)C4)cc3CN12. The maximum absolute atomic E-state index is 12.7. The van der Waals surface area contributed by atoms with Crippen molar-refractivity contribution < 1.29 is 0 Å². The number of benzene rings is 1. The van der Waals surface area contributed by atoms with Crippen LogP contribution in [0.1, 0.15) is 31.0 Å². The van der Waals surface area contributed by atoms with E-state index in [1.807, 2.05) is 6.07 Å². The standard InChI is InChI=1S/C26H32N6O/c1-17-13-30(10-9-27-17)20-6-7-21-19(11-20)15-32-18(2)14-31(16-24(21)32)23-12-25(33)29(3)26-22(23)5-4-8-28-26/h4-8,11-12,17-18,24,27H,9-10,13-16H2,1-3H3/t17-,18+,24+/m0/s1. The minimum atomic E-state index is -0.00648. The zero-order chi connectivity index (χ0) is 22.7. The highest BCUT2D eigenvalue weighted by atomic mass is 16.1. The zero-order valence-electron chi connectivity index (χ0n) is 19.7. The van der Waals surface area contributed by atoms with E-state index < -0.39 is 0 Å². The van der Waals surface area contributed by atoms with Gasteiger partial charge in [0.05, 0.1) is 11.7 Å². The molecule has 1 aromatic carbocycles. The molecule has 5 heterocycles. The number of pyridine rings is 2. The van der Waals surface area contributed by atoms with E-state index >= 15 is 0 Å². The minimum absolute atomic E-state index is 0.00648. The minimum Gasteiger partial charge on any atom is -0.369 e. The fourth-order valence-corrected chi connectivity index (χ4v) is 6.00. The van der Waals surface area contributed by atoms with E-state index in [9.17, 15) is 4.79 Å². The van der Waals surface area contributed by atoms with Crippen molar-refractivity contribution in [2.75, 3.05) is 42.5 Å². The van der Waals surface area contributed by atoms with Gasteiger partial charge in [0.15, 0.2) is 0 Å². The first-order valence-electron chi connectivity index (χ1n) is 12.1. The van der Waals surface area contributed by atoms with E-state index in [4.69, 9.17) is 0 Å². The van der Waals surface area contributed by atoms with Gasteiger partial charge in [-0.2, -0.15) is 0 Å². The highest BCUT2D eigenvalue weighted by Gasteiger charge is 2.39. The fraction of sp³-hybridized carbons (Fsp3) is 0.462. The van der Waals surface area contributed by atoms with Crippen molar-refractivity contribution in [3.63, 3.8) is 0 Å². The van der Waals surface area contributed by atoms with Gasteiger partial charge >= 0.3 is 0 Å². The van der Waals surface area contributed by atoms with Crippen LogP contribution < -0.4 is 20.7 Å². The molecule has 0 unspecified atom stereocenters. The number of nitrogens with one attached hydrogen (secondary N) is 1. The number of hydrogen-bond donors (Lipinski definition) is 1. The van der Waals surface area contributed by atoms with Crippen molar-refractivity contribution >= 4 is 22.4 Å². The normalized spacial score (nSPS) is 25.4. The molecule has 33 heavy (non-hydrogen) atoms. The van der Waals surface area contributed by atoms with Crippen molar-refractivity contribution in [2.45, 2.75) is 38.5 Å². The summed E-state index contributed by atoms with van der Waals surface area (Å²) in [5.74, 6) is 0. The van der Waals surface area contributed by atoms with E-state index in [0.29, 0.717) is 18.1 Å². The maximum Gasteiger partial charge on any atom is 0.253 e.